The summed E-state index contributed by atoms with van der Waals surface area (Å²) in [6, 6.07) is 9.50. The highest BCUT2D eigenvalue weighted by Crippen LogP contribution is 2.23. The lowest BCUT2D eigenvalue weighted by atomic mass is 10.1. The second-order valence-corrected chi connectivity index (χ2v) is 8.92. The second-order valence-electron chi connectivity index (χ2n) is 8.92. The Morgan fingerprint density at radius 1 is 0.588 bits per heavy atom. The largest absolute Gasteiger partial charge is 0.315 e. The summed E-state index contributed by atoms with van der Waals surface area (Å²) < 4.78 is 26.5. The van der Waals surface area contributed by atoms with E-state index < -0.39 is 23.7 Å². The molecule has 2 aromatic carbocycles. The van der Waals surface area contributed by atoms with Crippen LogP contribution in [-0.4, -0.2) is 61.9 Å². The van der Waals surface area contributed by atoms with E-state index in [1.54, 1.807) is 0 Å². The maximum Gasteiger partial charge on any atom is 0.292 e. The van der Waals surface area contributed by atoms with Gasteiger partial charge in [0, 0.05) is 0 Å². The number of piperazine rings is 1. The van der Waals surface area contributed by atoms with Crippen molar-refractivity contribution in [3.63, 3.8) is 0 Å². The van der Waals surface area contributed by atoms with Gasteiger partial charge in [-0.2, -0.15) is 0 Å². The lowest BCUT2D eigenvalue weighted by Crippen LogP contribution is -3.31. The van der Waals surface area contributed by atoms with Gasteiger partial charge in [-0.1, -0.05) is 0 Å². The SMILES string of the molecule is O=C1C[C@H]([NH+]2CC[NH+]([C@H]3CC(=O)N(c4ccc(F)cc4)C3=O)CC2)C(=O)N1c1ccc(F)cc1. The Morgan fingerprint density at radius 3 is 1.24 bits per heavy atom. The summed E-state index contributed by atoms with van der Waals surface area (Å²) in [6.45, 7) is 2.30. The molecule has 5 rings (SSSR count). The van der Waals surface area contributed by atoms with Crippen molar-refractivity contribution in [3.8, 4) is 0 Å². The van der Waals surface area contributed by atoms with E-state index in [0.717, 1.165) is 19.6 Å². The number of carbonyl (C=O) groups is 4. The fourth-order valence-corrected chi connectivity index (χ4v) is 5.21. The van der Waals surface area contributed by atoms with E-state index >= 15 is 0 Å². The Morgan fingerprint density at radius 2 is 0.912 bits per heavy atom. The first-order chi connectivity index (χ1) is 16.3. The van der Waals surface area contributed by atoms with Gasteiger partial charge in [0.2, 0.25) is 11.8 Å². The maximum atomic E-state index is 13.2. The number of hydrogen-bond acceptors (Lipinski definition) is 4. The first-order valence-corrected chi connectivity index (χ1v) is 11.3. The molecule has 2 atom stereocenters. The summed E-state index contributed by atoms with van der Waals surface area (Å²) in [6.07, 6.45) is 0.167. The Balaban J connectivity index is 1.23. The highest BCUT2D eigenvalue weighted by Gasteiger charge is 2.50. The van der Waals surface area contributed by atoms with Crippen LogP contribution in [0.2, 0.25) is 0 Å². The highest BCUT2D eigenvalue weighted by molar-refractivity contribution is 6.22. The molecular weight excluding hydrogens is 446 g/mol. The summed E-state index contributed by atoms with van der Waals surface area (Å²) in [7, 11) is 0. The molecule has 2 N–H and O–H groups in total. The van der Waals surface area contributed by atoms with Crippen LogP contribution in [0.1, 0.15) is 12.8 Å². The summed E-state index contributed by atoms with van der Waals surface area (Å²) in [5.74, 6) is -2.11. The summed E-state index contributed by atoms with van der Waals surface area (Å²) in [4.78, 5) is 55.3. The minimum Gasteiger partial charge on any atom is -0.315 e. The van der Waals surface area contributed by atoms with E-state index in [9.17, 15) is 28.0 Å². The van der Waals surface area contributed by atoms with Gasteiger partial charge in [-0.25, -0.2) is 18.6 Å². The smallest absolute Gasteiger partial charge is 0.292 e. The zero-order valence-corrected chi connectivity index (χ0v) is 18.3. The van der Waals surface area contributed by atoms with Gasteiger partial charge in [-0.05, 0) is 48.5 Å². The van der Waals surface area contributed by atoms with Crippen molar-refractivity contribution in [1.82, 2.24) is 0 Å². The minimum absolute atomic E-state index is 0.0834. The fourth-order valence-electron chi connectivity index (χ4n) is 5.21. The third kappa shape index (κ3) is 3.88. The van der Waals surface area contributed by atoms with Gasteiger partial charge in [-0.15, -0.1) is 0 Å². The second kappa shape index (κ2) is 8.69. The molecule has 3 aliphatic rings. The Bertz CT molecular complexity index is 1060. The molecule has 4 amide bonds. The average molecular weight is 470 g/mol. The predicted octanol–water partition coefficient (Wildman–Crippen LogP) is -1.29. The van der Waals surface area contributed by atoms with Crippen LogP contribution in [0.5, 0.6) is 0 Å². The zero-order chi connectivity index (χ0) is 24.0. The van der Waals surface area contributed by atoms with Crippen LogP contribution >= 0.6 is 0 Å². The molecule has 3 fully saturated rings. The van der Waals surface area contributed by atoms with Crippen molar-refractivity contribution < 1.29 is 37.8 Å². The van der Waals surface area contributed by atoms with Gasteiger partial charge in [0.1, 0.15) is 37.8 Å². The molecule has 8 nitrogen and oxygen atoms in total. The van der Waals surface area contributed by atoms with Crippen molar-refractivity contribution in [2.24, 2.45) is 0 Å². The third-order valence-corrected chi connectivity index (χ3v) is 6.98. The van der Waals surface area contributed by atoms with E-state index in [4.69, 9.17) is 0 Å². The molecule has 34 heavy (non-hydrogen) atoms. The van der Waals surface area contributed by atoms with E-state index in [2.05, 4.69) is 0 Å². The predicted molar refractivity (Wildman–Crippen MR) is 116 cm³/mol. The topological polar surface area (TPSA) is 83.6 Å². The molecule has 3 heterocycles. The standard InChI is InChI=1S/C24H22F2N4O4/c25-15-1-5-17(6-2-15)29-21(31)13-19(23(29)33)27-9-11-28(12-10-27)20-14-22(32)30(24(20)34)18-7-3-16(26)4-8-18/h1-8,19-20H,9-14H2/p+2/t19-,20-/m0/s1. The van der Waals surface area contributed by atoms with Gasteiger partial charge in [0.15, 0.2) is 12.1 Å². The molecular formula is C24H24F2N4O4+2. The van der Waals surface area contributed by atoms with E-state index in [0.29, 0.717) is 37.6 Å². The van der Waals surface area contributed by atoms with Crippen molar-refractivity contribution in [3.05, 3.63) is 60.2 Å². The van der Waals surface area contributed by atoms with E-state index in [1.165, 1.54) is 48.5 Å². The van der Waals surface area contributed by atoms with Crippen LogP contribution in [0.4, 0.5) is 20.2 Å². The zero-order valence-electron chi connectivity index (χ0n) is 18.3. The highest BCUT2D eigenvalue weighted by atomic mass is 19.1. The van der Waals surface area contributed by atoms with Gasteiger partial charge in [0.05, 0.1) is 24.2 Å². The Labute approximate surface area is 194 Å². The normalized spacial score (nSPS) is 27.7. The molecule has 0 saturated carbocycles. The fraction of sp³-hybridized carbons (Fsp3) is 0.333. The molecule has 176 valence electrons. The number of amides is 4. The molecule has 2 aromatic rings. The lowest BCUT2D eigenvalue weighted by molar-refractivity contribution is -1.02. The maximum absolute atomic E-state index is 13.2. The van der Waals surface area contributed by atoms with Crippen molar-refractivity contribution >= 4 is 35.0 Å². The average Bonchev–Trinajstić information content (AvgIpc) is 3.29. The molecule has 3 aliphatic heterocycles. The van der Waals surface area contributed by atoms with Gasteiger partial charge >= 0.3 is 0 Å². The molecule has 0 unspecified atom stereocenters. The molecule has 0 radical (unpaired) electrons. The number of benzene rings is 2. The van der Waals surface area contributed by atoms with Gasteiger partial charge in [-0.3, -0.25) is 19.2 Å². The number of quaternary nitrogens is 2. The molecule has 10 heteroatoms. The van der Waals surface area contributed by atoms with Crippen LogP contribution in [-0.2, 0) is 19.2 Å². The molecule has 0 aliphatic carbocycles. The monoisotopic (exact) mass is 470 g/mol. The number of imide groups is 2. The van der Waals surface area contributed by atoms with Crippen LogP contribution in [0.15, 0.2) is 48.5 Å². The van der Waals surface area contributed by atoms with Crippen LogP contribution in [0, 0.1) is 11.6 Å². The number of hydrogen-bond donors (Lipinski definition) is 2. The van der Waals surface area contributed by atoms with Crippen LogP contribution in [0.3, 0.4) is 0 Å². The number of halogens is 2. The van der Waals surface area contributed by atoms with Gasteiger partial charge in [0.25, 0.3) is 11.8 Å². The van der Waals surface area contributed by atoms with Crippen molar-refractivity contribution in [2.75, 3.05) is 36.0 Å². The van der Waals surface area contributed by atoms with Crippen molar-refractivity contribution in [1.29, 1.82) is 0 Å². The lowest BCUT2D eigenvalue weighted by Gasteiger charge is -2.34. The molecule has 3 saturated heterocycles. The summed E-state index contributed by atoms with van der Waals surface area (Å²) in [5.41, 5.74) is 0.719. The Kier molecular flexibility index (Phi) is 5.70. The number of nitrogens with zero attached hydrogens (tertiary/aromatic N) is 2. The number of rotatable bonds is 4. The first-order valence-electron chi connectivity index (χ1n) is 11.3. The van der Waals surface area contributed by atoms with E-state index in [-0.39, 0.29) is 36.5 Å². The Hall–Kier alpha value is -3.50. The third-order valence-electron chi connectivity index (χ3n) is 6.98. The molecule has 0 spiro atoms. The van der Waals surface area contributed by atoms with Gasteiger partial charge < -0.3 is 9.80 Å². The molecule has 0 aromatic heterocycles. The number of nitrogens with one attached hydrogen (secondary N) is 2. The van der Waals surface area contributed by atoms with Crippen LogP contribution in [0.25, 0.3) is 0 Å². The molecule has 0 bridgehead atoms. The quantitative estimate of drug-likeness (QED) is 0.545. The minimum atomic E-state index is -0.518. The van der Waals surface area contributed by atoms with Crippen LogP contribution < -0.4 is 19.6 Å². The van der Waals surface area contributed by atoms with Crippen molar-refractivity contribution in [2.45, 2.75) is 24.9 Å². The first kappa shape index (κ1) is 22.3. The summed E-state index contributed by atoms with van der Waals surface area (Å²) in [5, 5.41) is 0. The number of carbonyl (C=O) groups excluding carboxylic acids is 4. The van der Waals surface area contributed by atoms with E-state index in [1.807, 2.05) is 0 Å². The number of anilines is 2. The summed E-state index contributed by atoms with van der Waals surface area (Å²) >= 11 is 0.